The van der Waals surface area contributed by atoms with Gasteiger partial charge in [-0.25, -0.2) is 0 Å². The van der Waals surface area contributed by atoms with Crippen LogP contribution in [-0.2, 0) is 0 Å². The fraction of sp³-hybridized carbons (Fsp3) is 0.417. The minimum atomic E-state index is 0.516. The van der Waals surface area contributed by atoms with Crippen LogP contribution in [-0.4, -0.2) is 30.9 Å². The number of thioether (sulfide) groups is 1. The van der Waals surface area contributed by atoms with Crippen LogP contribution in [0.1, 0.15) is 16.8 Å². The third kappa shape index (κ3) is 2.20. The highest BCUT2D eigenvalue weighted by Crippen LogP contribution is 2.30. The van der Waals surface area contributed by atoms with Crippen molar-refractivity contribution in [1.29, 1.82) is 0 Å². The molecule has 1 aliphatic rings. The first-order chi connectivity index (χ1) is 7.74. The summed E-state index contributed by atoms with van der Waals surface area (Å²) in [4.78, 5) is 13.2. The molecule has 1 fully saturated rings. The third-order valence-electron chi connectivity index (χ3n) is 2.98. The zero-order valence-electron chi connectivity index (χ0n) is 9.15. The van der Waals surface area contributed by atoms with Gasteiger partial charge in [0.15, 0.2) is 6.29 Å². The first kappa shape index (κ1) is 11.8. The van der Waals surface area contributed by atoms with Gasteiger partial charge in [0.1, 0.15) is 0 Å². The topological polar surface area (TPSA) is 20.3 Å². The van der Waals surface area contributed by atoms with Gasteiger partial charge >= 0.3 is 0 Å². The Morgan fingerprint density at radius 2 is 2.38 bits per heavy atom. The van der Waals surface area contributed by atoms with Crippen LogP contribution in [0.5, 0.6) is 0 Å². The van der Waals surface area contributed by atoms with Crippen LogP contribution in [0.2, 0.25) is 5.02 Å². The molecule has 1 atom stereocenters. The Morgan fingerprint density at radius 3 is 3.00 bits per heavy atom. The second-order valence-corrected chi connectivity index (χ2v) is 5.48. The SMILES string of the molecule is CN(c1cccc(Cl)c1C=O)C1CCSC1. The molecule has 2 nitrogen and oxygen atoms in total. The lowest BCUT2D eigenvalue weighted by Crippen LogP contribution is -2.32. The van der Waals surface area contributed by atoms with Crippen molar-refractivity contribution in [1.82, 2.24) is 0 Å². The quantitative estimate of drug-likeness (QED) is 0.775. The van der Waals surface area contributed by atoms with E-state index in [-0.39, 0.29) is 0 Å². The molecule has 1 aromatic carbocycles. The lowest BCUT2D eigenvalue weighted by molar-refractivity contribution is 0.112. The van der Waals surface area contributed by atoms with Crippen LogP contribution >= 0.6 is 23.4 Å². The van der Waals surface area contributed by atoms with Crippen molar-refractivity contribution in [3.8, 4) is 0 Å². The molecular weight excluding hydrogens is 242 g/mol. The Balaban J connectivity index is 2.31. The second-order valence-electron chi connectivity index (χ2n) is 3.92. The maximum atomic E-state index is 11.1. The van der Waals surface area contributed by atoms with Crippen molar-refractivity contribution in [3.05, 3.63) is 28.8 Å². The van der Waals surface area contributed by atoms with E-state index < -0.39 is 0 Å². The number of hydrogen-bond acceptors (Lipinski definition) is 3. The van der Waals surface area contributed by atoms with Crippen molar-refractivity contribution < 1.29 is 4.79 Å². The monoisotopic (exact) mass is 255 g/mol. The van der Waals surface area contributed by atoms with Crippen LogP contribution in [0.25, 0.3) is 0 Å². The highest BCUT2D eigenvalue weighted by molar-refractivity contribution is 7.99. The summed E-state index contributed by atoms with van der Waals surface area (Å²) >= 11 is 7.98. The molecule has 2 rings (SSSR count). The summed E-state index contributed by atoms with van der Waals surface area (Å²) in [6.07, 6.45) is 2.02. The van der Waals surface area contributed by atoms with E-state index >= 15 is 0 Å². The molecule has 16 heavy (non-hydrogen) atoms. The minimum absolute atomic E-state index is 0.516. The van der Waals surface area contributed by atoms with E-state index in [1.807, 2.05) is 30.9 Å². The molecule has 0 radical (unpaired) electrons. The van der Waals surface area contributed by atoms with Gasteiger partial charge in [-0.15, -0.1) is 0 Å². The normalized spacial score (nSPS) is 19.8. The van der Waals surface area contributed by atoms with Crippen LogP contribution in [0.3, 0.4) is 0 Å². The van der Waals surface area contributed by atoms with Crippen molar-refractivity contribution in [3.63, 3.8) is 0 Å². The van der Waals surface area contributed by atoms with Gasteiger partial charge in [0, 0.05) is 24.5 Å². The van der Waals surface area contributed by atoms with E-state index in [1.54, 1.807) is 6.07 Å². The summed E-state index contributed by atoms with van der Waals surface area (Å²) < 4.78 is 0. The lowest BCUT2D eigenvalue weighted by atomic mass is 10.1. The highest BCUT2D eigenvalue weighted by atomic mass is 35.5. The van der Waals surface area contributed by atoms with Gasteiger partial charge in [-0.1, -0.05) is 17.7 Å². The average molecular weight is 256 g/mol. The van der Waals surface area contributed by atoms with Crippen LogP contribution in [0, 0.1) is 0 Å². The van der Waals surface area contributed by atoms with Crippen molar-refractivity contribution in [2.24, 2.45) is 0 Å². The van der Waals surface area contributed by atoms with Gasteiger partial charge < -0.3 is 4.90 Å². The Labute approximate surface area is 105 Å². The first-order valence-corrected chi connectivity index (χ1v) is 6.81. The summed E-state index contributed by atoms with van der Waals surface area (Å²) in [6, 6.07) is 6.12. The Hall–Kier alpha value is -0.670. The van der Waals surface area contributed by atoms with Gasteiger partial charge in [0.25, 0.3) is 0 Å². The number of anilines is 1. The molecule has 1 unspecified atom stereocenters. The standard InChI is InChI=1S/C12H14ClNOS/c1-14(9-5-6-16-8-9)12-4-2-3-11(13)10(12)7-15/h2-4,7,9H,5-6,8H2,1H3. The number of halogens is 1. The lowest BCUT2D eigenvalue weighted by Gasteiger charge is -2.27. The third-order valence-corrected chi connectivity index (χ3v) is 4.46. The molecule has 0 spiro atoms. The Kier molecular flexibility index (Phi) is 3.77. The van der Waals surface area contributed by atoms with Gasteiger partial charge in [0.05, 0.1) is 10.6 Å². The van der Waals surface area contributed by atoms with Crippen molar-refractivity contribution in [2.45, 2.75) is 12.5 Å². The van der Waals surface area contributed by atoms with E-state index in [0.29, 0.717) is 16.6 Å². The predicted molar refractivity (Wildman–Crippen MR) is 71.0 cm³/mol. The fourth-order valence-electron chi connectivity index (χ4n) is 1.97. The van der Waals surface area contributed by atoms with Crippen LogP contribution < -0.4 is 4.90 Å². The van der Waals surface area contributed by atoms with E-state index in [0.717, 1.165) is 17.7 Å². The van der Waals surface area contributed by atoms with E-state index in [2.05, 4.69) is 4.90 Å². The molecule has 1 aromatic rings. The molecule has 0 amide bonds. The molecule has 0 saturated carbocycles. The number of rotatable bonds is 3. The number of benzene rings is 1. The van der Waals surface area contributed by atoms with Gasteiger partial charge in [-0.3, -0.25) is 4.79 Å². The maximum Gasteiger partial charge on any atom is 0.153 e. The van der Waals surface area contributed by atoms with Crippen LogP contribution in [0.15, 0.2) is 18.2 Å². The van der Waals surface area contributed by atoms with E-state index in [1.165, 1.54) is 12.2 Å². The molecule has 0 bridgehead atoms. The number of carbonyl (C=O) groups excluding carboxylic acids is 1. The number of nitrogens with zero attached hydrogens (tertiary/aromatic N) is 1. The van der Waals surface area contributed by atoms with E-state index in [9.17, 15) is 4.79 Å². The fourth-order valence-corrected chi connectivity index (χ4v) is 3.46. The Bertz CT molecular complexity index is 391. The van der Waals surface area contributed by atoms with Gasteiger partial charge in [-0.2, -0.15) is 11.8 Å². The molecule has 1 aliphatic heterocycles. The zero-order chi connectivity index (χ0) is 11.5. The summed E-state index contributed by atoms with van der Waals surface area (Å²) in [6.45, 7) is 0. The van der Waals surface area contributed by atoms with Gasteiger partial charge in [0.2, 0.25) is 0 Å². The molecule has 0 aromatic heterocycles. The molecule has 1 saturated heterocycles. The molecule has 0 N–H and O–H groups in total. The molecule has 86 valence electrons. The molecule has 1 heterocycles. The summed E-state index contributed by atoms with van der Waals surface area (Å²) in [5.41, 5.74) is 1.54. The minimum Gasteiger partial charge on any atom is -0.370 e. The van der Waals surface area contributed by atoms with Crippen LogP contribution in [0.4, 0.5) is 5.69 Å². The maximum absolute atomic E-state index is 11.1. The Morgan fingerprint density at radius 1 is 1.56 bits per heavy atom. The van der Waals surface area contributed by atoms with Gasteiger partial charge in [-0.05, 0) is 24.3 Å². The number of hydrogen-bond donors (Lipinski definition) is 0. The predicted octanol–water partition coefficient (Wildman–Crippen LogP) is 3.09. The largest absolute Gasteiger partial charge is 0.370 e. The summed E-state index contributed by atoms with van der Waals surface area (Å²) in [5.74, 6) is 2.33. The number of carbonyl (C=O) groups is 1. The van der Waals surface area contributed by atoms with Crippen molar-refractivity contribution in [2.75, 3.05) is 23.5 Å². The second kappa shape index (κ2) is 5.11. The molecular formula is C12H14ClNOS. The zero-order valence-corrected chi connectivity index (χ0v) is 10.7. The smallest absolute Gasteiger partial charge is 0.153 e. The molecule has 4 heteroatoms. The average Bonchev–Trinajstić information content (AvgIpc) is 2.81. The summed E-state index contributed by atoms with van der Waals surface area (Å²) in [5, 5.41) is 0.532. The van der Waals surface area contributed by atoms with E-state index in [4.69, 9.17) is 11.6 Å². The highest BCUT2D eigenvalue weighted by Gasteiger charge is 2.22. The first-order valence-electron chi connectivity index (χ1n) is 5.28. The van der Waals surface area contributed by atoms with Crippen molar-refractivity contribution >= 4 is 35.3 Å². The number of aldehydes is 1. The molecule has 0 aliphatic carbocycles. The summed E-state index contributed by atoms with van der Waals surface area (Å²) in [7, 11) is 2.04.